The van der Waals surface area contributed by atoms with E-state index in [1.54, 1.807) is 23.1 Å². The van der Waals surface area contributed by atoms with Crippen molar-refractivity contribution in [3.8, 4) is 11.3 Å². The number of rotatable bonds is 2. The second kappa shape index (κ2) is 7.74. The first-order chi connectivity index (χ1) is 15.4. The monoisotopic (exact) mass is 441 g/mol. The van der Waals surface area contributed by atoms with Crippen molar-refractivity contribution in [2.75, 3.05) is 28.2 Å². The molecule has 3 aromatic heterocycles. The fourth-order valence-electron chi connectivity index (χ4n) is 4.12. The Morgan fingerprint density at radius 1 is 1.12 bits per heavy atom. The van der Waals surface area contributed by atoms with Gasteiger partial charge < -0.3 is 4.90 Å². The molecule has 3 aromatic rings. The van der Waals surface area contributed by atoms with Crippen LogP contribution in [0, 0.1) is 0 Å². The summed E-state index contributed by atoms with van der Waals surface area (Å²) in [6, 6.07) is 6.98. The smallest absolute Gasteiger partial charge is 0.366 e. The number of nitrogens with one attached hydrogen (secondary N) is 1. The average molecular weight is 441 g/mol. The molecule has 0 aromatic carbocycles. The number of anilines is 3. The first-order valence-electron chi connectivity index (χ1n) is 10.1. The zero-order valence-electron chi connectivity index (χ0n) is 16.8. The summed E-state index contributed by atoms with van der Waals surface area (Å²) in [6.45, 7) is 1.50. The van der Waals surface area contributed by atoms with E-state index in [-0.39, 0.29) is 11.6 Å². The molecule has 0 spiro atoms. The summed E-state index contributed by atoms with van der Waals surface area (Å²) < 4.78 is 39.4. The second-order valence-corrected chi connectivity index (χ2v) is 7.60. The number of amides is 2. The molecule has 8 nitrogen and oxygen atoms in total. The Hall–Kier alpha value is -3.76. The zero-order valence-corrected chi connectivity index (χ0v) is 16.8. The van der Waals surface area contributed by atoms with Crippen LogP contribution >= 0.6 is 0 Å². The number of halogens is 3. The van der Waals surface area contributed by atoms with Crippen LogP contribution in [0.2, 0.25) is 0 Å². The highest BCUT2D eigenvalue weighted by Crippen LogP contribution is 2.40. The highest BCUT2D eigenvalue weighted by atomic mass is 19.4. The lowest BCUT2D eigenvalue weighted by Gasteiger charge is -2.45. The van der Waals surface area contributed by atoms with Crippen molar-refractivity contribution in [2.45, 2.75) is 25.1 Å². The van der Waals surface area contributed by atoms with Gasteiger partial charge in [-0.05, 0) is 43.2 Å². The van der Waals surface area contributed by atoms with E-state index < -0.39 is 17.9 Å². The van der Waals surface area contributed by atoms with Crippen molar-refractivity contribution in [1.82, 2.24) is 19.9 Å². The van der Waals surface area contributed by atoms with Gasteiger partial charge in [-0.1, -0.05) is 0 Å². The van der Waals surface area contributed by atoms with Gasteiger partial charge in [-0.25, -0.2) is 19.7 Å². The minimum Gasteiger partial charge on any atom is -0.366 e. The third-order valence-electron chi connectivity index (χ3n) is 5.57. The fourth-order valence-corrected chi connectivity index (χ4v) is 4.12. The van der Waals surface area contributed by atoms with E-state index in [2.05, 4.69) is 30.2 Å². The van der Waals surface area contributed by atoms with E-state index in [1.807, 2.05) is 0 Å². The van der Waals surface area contributed by atoms with E-state index in [1.165, 1.54) is 18.6 Å². The second-order valence-electron chi connectivity index (χ2n) is 7.60. The number of carbonyl (C=O) groups excluding carboxylic acids is 1. The Labute approximate surface area is 181 Å². The Morgan fingerprint density at radius 2 is 2.00 bits per heavy atom. The number of aromatic nitrogens is 4. The molecule has 1 atom stereocenters. The summed E-state index contributed by atoms with van der Waals surface area (Å²) in [6.07, 6.45) is 1.12. The summed E-state index contributed by atoms with van der Waals surface area (Å²) >= 11 is 0. The molecule has 2 amide bonds. The highest BCUT2D eigenvalue weighted by Gasteiger charge is 2.38. The molecular formula is C21H18F3N7O. The van der Waals surface area contributed by atoms with E-state index in [0.29, 0.717) is 23.9 Å². The molecule has 2 bridgehead atoms. The van der Waals surface area contributed by atoms with Gasteiger partial charge in [0.25, 0.3) is 0 Å². The van der Waals surface area contributed by atoms with Crippen LogP contribution in [0.4, 0.5) is 35.3 Å². The van der Waals surface area contributed by atoms with Crippen LogP contribution in [0.15, 0.2) is 49.1 Å². The summed E-state index contributed by atoms with van der Waals surface area (Å²) in [5, 5.41) is 2.76. The minimum absolute atomic E-state index is 0.107. The molecule has 164 valence electrons. The van der Waals surface area contributed by atoms with Crippen LogP contribution in [0.3, 0.4) is 0 Å². The molecule has 1 unspecified atom stereocenters. The van der Waals surface area contributed by atoms with Crippen molar-refractivity contribution >= 4 is 23.4 Å². The van der Waals surface area contributed by atoms with E-state index >= 15 is 0 Å². The van der Waals surface area contributed by atoms with Crippen LogP contribution in [-0.4, -0.2) is 45.1 Å². The molecule has 2 aliphatic rings. The van der Waals surface area contributed by atoms with Gasteiger partial charge in [-0.2, -0.15) is 13.2 Å². The average Bonchev–Trinajstić information content (AvgIpc) is 2.79. The van der Waals surface area contributed by atoms with Gasteiger partial charge in [0.1, 0.15) is 17.8 Å². The third kappa shape index (κ3) is 3.70. The summed E-state index contributed by atoms with van der Waals surface area (Å²) in [5.74, 6) is 0.764. The number of pyridine rings is 2. The molecule has 1 fully saturated rings. The summed E-state index contributed by atoms with van der Waals surface area (Å²) in [5.41, 5.74) is 0.385. The molecule has 1 saturated heterocycles. The van der Waals surface area contributed by atoms with Gasteiger partial charge in [0.2, 0.25) is 0 Å². The molecule has 32 heavy (non-hydrogen) atoms. The van der Waals surface area contributed by atoms with Crippen molar-refractivity contribution in [2.24, 2.45) is 0 Å². The molecule has 2 aliphatic heterocycles. The SMILES string of the molecule is O=C(Nc1ccncn1)N1c2nc(-c3ccnc(C(F)(F)F)c3)ccc2N2CCCC1C2. The maximum Gasteiger partial charge on any atom is 0.433 e. The number of carbonyl (C=O) groups is 1. The van der Waals surface area contributed by atoms with Crippen molar-refractivity contribution in [3.05, 3.63) is 54.7 Å². The van der Waals surface area contributed by atoms with Crippen molar-refractivity contribution in [1.29, 1.82) is 0 Å². The number of piperidine rings is 1. The number of hydrogen-bond donors (Lipinski definition) is 1. The van der Waals surface area contributed by atoms with Gasteiger partial charge in [0.15, 0.2) is 5.82 Å². The molecule has 5 heterocycles. The number of urea groups is 1. The normalized spacial score (nSPS) is 17.7. The number of hydrogen-bond acceptors (Lipinski definition) is 6. The molecular weight excluding hydrogens is 423 g/mol. The topological polar surface area (TPSA) is 87.1 Å². The van der Waals surface area contributed by atoms with Gasteiger partial charge in [0.05, 0.1) is 17.4 Å². The summed E-state index contributed by atoms with van der Waals surface area (Å²) in [7, 11) is 0. The lowest BCUT2D eigenvalue weighted by molar-refractivity contribution is -0.141. The van der Waals surface area contributed by atoms with Crippen LogP contribution in [0.1, 0.15) is 18.5 Å². The predicted molar refractivity (Wildman–Crippen MR) is 111 cm³/mol. The fraction of sp³-hybridized carbons (Fsp3) is 0.286. The highest BCUT2D eigenvalue weighted by molar-refractivity contribution is 6.04. The number of fused-ring (bicyclic) bond motifs is 4. The molecule has 0 radical (unpaired) electrons. The van der Waals surface area contributed by atoms with Gasteiger partial charge in [-0.15, -0.1) is 0 Å². The van der Waals surface area contributed by atoms with Crippen LogP contribution < -0.4 is 15.1 Å². The largest absolute Gasteiger partial charge is 0.433 e. The standard InChI is InChI=1S/C21H18F3N7O/c22-21(23,24)17-10-13(5-8-26-17)15-3-4-16-19(28-15)31(14-2-1-9-30(16)11-14)20(32)29-18-6-7-25-12-27-18/h3-8,10,12,14H,1-2,9,11H2,(H,25,27,29,32). The van der Waals surface area contributed by atoms with Crippen LogP contribution in [0.5, 0.6) is 0 Å². The van der Waals surface area contributed by atoms with Gasteiger partial charge in [0, 0.05) is 31.0 Å². The number of alkyl halides is 3. The quantitative estimate of drug-likeness (QED) is 0.648. The van der Waals surface area contributed by atoms with Gasteiger partial charge >= 0.3 is 12.2 Å². The van der Waals surface area contributed by atoms with Crippen molar-refractivity contribution in [3.63, 3.8) is 0 Å². The molecule has 11 heteroatoms. The Kier molecular flexibility index (Phi) is 4.87. The maximum absolute atomic E-state index is 13.2. The molecule has 1 N–H and O–H groups in total. The van der Waals surface area contributed by atoms with E-state index in [0.717, 1.165) is 37.3 Å². The maximum atomic E-state index is 13.2. The van der Waals surface area contributed by atoms with E-state index in [4.69, 9.17) is 0 Å². The minimum atomic E-state index is -4.56. The van der Waals surface area contributed by atoms with Gasteiger partial charge in [-0.3, -0.25) is 15.2 Å². The Morgan fingerprint density at radius 3 is 2.78 bits per heavy atom. The lowest BCUT2D eigenvalue weighted by Crippen LogP contribution is -2.56. The Balaban J connectivity index is 1.55. The lowest BCUT2D eigenvalue weighted by atomic mass is 9.99. The van der Waals surface area contributed by atoms with Crippen LogP contribution in [0.25, 0.3) is 11.3 Å². The first kappa shape index (κ1) is 20.2. The third-order valence-corrected chi connectivity index (χ3v) is 5.57. The molecule has 0 aliphatic carbocycles. The summed E-state index contributed by atoms with van der Waals surface area (Å²) in [4.78, 5) is 32.9. The zero-order chi connectivity index (χ0) is 22.3. The first-order valence-corrected chi connectivity index (χ1v) is 10.1. The predicted octanol–water partition coefficient (Wildman–Crippen LogP) is 3.97. The molecule has 0 saturated carbocycles. The number of nitrogens with zero attached hydrogens (tertiary/aromatic N) is 6. The van der Waals surface area contributed by atoms with Crippen molar-refractivity contribution < 1.29 is 18.0 Å². The molecule has 5 rings (SSSR count). The van der Waals surface area contributed by atoms with Crippen LogP contribution in [-0.2, 0) is 6.18 Å². The Bertz CT molecular complexity index is 1160. The van der Waals surface area contributed by atoms with E-state index in [9.17, 15) is 18.0 Å².